The molecule has 2 aromatic carbocycles. The minimum Gasteiger partial charge on any atom is -0.507 e. The lowest BCUT2D eigenvalue weighted by atomic mass is 9.97. The zero-order valence-corrected chi connectivity index (χ0v) is 18.1. The summed E-state index contributed by atoms with van der Waals surface area (Å²) in [6, 6.07) is 15.1. The number of aryl methyl sites for hydroxylation is 1. The van der Waals surface area contributed by atoms with E-state index in [9.17, 15) is 14.7 Å². The standard InChI is InChI=1S/C24H21NO5S/c1-14-11-12-31-23(14)20-19(21(26)17-13-16(29-2)9-10-18(17)30-3)22(27)24(28)25(20)15-7-5-4-6-8-15/h4-13,20,26H,1-3H3/b21-19+. The Bertz CT molecular complexity index is 1180. The lowest BCUT2D eigenvalue weighted by molar-refractivity contribution is -0.132. The van der Waals surface area contributed by atoms with E-state index in [1.165, 1.54) is 30.5 Å². The lowest BCUT2D eigenvalue weighted by Crippen LogP contribution is -2.29. The molecular weight excluding hydrogens is 414 g/mol. The minimum absolute atomic E-state index is 0.0194. The van der Waals surface area contributed by atoms with Gasteiger partial charge in [-0.15, -0.1) is 11.3 Å². The molecule has 0 aliphatic carbocycles. The molecule has 1 aliphatic rings. The van der Waals surface area contributed by atoms with Crippen molar-refractivity contribution in [3.8, 4) is 11.5 Å². The van der Waals surface area contributed by atoms with E-state index in [2.05, 4.69) is 0 Å². The maximum atomic E-state index is 13.2. The number of thiophene rings is 1. The molecule has 0 radical (unpaired) electrons. The van der Waals surface area contributed by atoms with E-state index in [4.69, 9.17) is 9.47 Å². The summed E-state index contributed by atoms with van der Waals surface area (Å²) in [5.74, 6) is -0.879. The van der Waals surface area contributed by atoms with Crippen molar-refractivity contribution in [3.63, 3.8) is 0 Å². The maximum absolute atomic E-state index is 13.2. The quantitative estimate of drug-likeness (QED) is 0.357. The van der Waals surface area contributed by atoms with Crippen LogP contribution in [0.1, 0.15) is 22.0 Å². The van der Waals surface area contributed by atoms with Crippen LogP contribution in [0.15, 0.2) is 65.6 Å². The second-order valence-corrected chi connectivity index (χ2v) is 7.99. The zero-order chi connectivity index (χ0) is 22.1. The van der Waals surface area contributed by atoms with Crippen LogP contribution in [-0.2, 0) is 9.59 Å². The van der Waals surface area contributed by atoms with Gasteiger partial charge in [0.2, 0.25) is 0 Å². The number of para-hydroxylation sites is 1. The number of methoxy groups -OCH3 is 2. The largest absolute Gasteiger partial charge is 0.507 e. The van der Waals surface area contributed by atoms with Crippen LogP contribution < -0.4 is 14.4 Å². The number of carbonyl (C=O) groups is 2. The Morgan fingerprint density at radius 1 is 1.03 bits per heavy atom. The molecule has 1 N–H and O–H groups in total. The molecule has 6 nitrogen and oxygen atoms in total. The van der Waals surface area contributed by atoms with Gasteiger partial charge in [-0.25, -0.2) is 0 Å². The van der Waals surface area contributed by atoms with E-state index in [0.717, 1.165) is 10.4 Å². The fourth-order valence-electron chi connectivity index (χ4n) is 3.74. The fraction of sp³-hybridized carbons (Fsp3) is 0.167. The molecule has 0 spiro atoms. The molecule has 1 aliphatic heterocycles. The molecule has 1 amide bonds. The summed E-state index contributed by atoms with van der Waals surface area (Å²) >= 11 is 1.44. The molecule has 3 aromatic rings. The Hall–Kier alpha value is -3.58. The molecular formula is C24H21NO5S. The van der Waals surface area contributed by atoms with Gasteiger partial charge in [0, 0.05) is 10.6 Å². The van der Waals surface area contributed by atoms with Crippen molar-refractivity contribution in [2.75, 3.05) is 19.1 Å². The summed E-state index contributed by atoms with van der Waals surface area (Å²) in [7, 11) is 2.98. The Labute approximate surface area is 184 Å². The number of aliphatic hydroxyl groups excluding tert-OH is 1. The molecule has 1 atom stereocenters. The highest BCUT2D eigenvalue weighted by Crippen LogP contribution is 2.45. The van der Waals surface area contributed by atoms with Gasteiger partial charge in [-0.05, 0) is 54.3 Å². The predicted octanol–water partition coefficient (Wildman–Crippen LogP) is 4.70. The monoisotopic (exact) mass is 435 g/mol. The highest BCUT2D eigenvalue weighted by atomic mass is 32.1. The van der Waals surface area contributed by atoms with Crippen LogP contribution in [0.3, 0.4) is 0 Å². The number of benzene rings is 2. The first-order valence-electron chi connectivity index (χ1n) is 9.60. The molecule has 4 rings (SSSR count). The van der Waals surface area contributed by atoms with Gasteiger partial charge >= 0.3 is 0 Å². The molecule has 1 unspecified atom stereocenters. The molecule has 1 saturated heterocycles. The second-order valence-electron chi connectivity index (χ2n) is 7.04. The van der Waals surface area contributed by atoms with Crippen molar-refractivity contribution < 1.29 is 24.2 Å². The van der Waals surface area contributed by atoms with Gasteiger partial charge < -0.3 is 14.6 Å². The first-order valence-corrected chi connectivity index (χ1v) is 10.5. The van der Waals surface area contributed by atoms with Gasteiger partial charge in [0.05, 0.1) is 25.4 Å². The molecule has 158 valence electrons. The zero-order valence-electron chi connectivity index (χ0n) is 17.3. The van der Waals surface area contributed by atoms with Crippen molar-refractivity contribution in [1.29, 1.82) is 0 Å². The van der Waals surface area contributed by atoms with Crippen LogP contribution in [-0.4, -0.2) is 31.0 Å². The number of carbonyl (C=O) groups excluding carboxylic acids is 2. The van der Waals surface area contributed by atoms with Crippen molar-refractivity contribution in [2.24, 2.45) is 0 Å². The molecule has 0 saturated carbocycles. The first kappa shape index (κ1) is 20.7. The van der Waals surface area contributed by atoms with Gasteiger partial charge in [-0.2, -0.15) is 0 Å². The topological polar surface area (TPSA) is 76.1 Å². The fourth-order valence-corrected chi connectivity index (χ4v) is 4.77. The number of anilines is 1. The Morgan fingerprint density at radius 3 is 2.39 bits per heavy atom. The smallest absolute Gasteiger partial charge is 0.300 e. The predicted molar refractivity (Wildman–Crippen MR) is 120 cm³/mol. The number of ketones is 1. The minimum atomic E-state index is -0.752. The van der Waals surface area contributed by atoms with E-state index in [-0.39, 0.29) is 16.9 Å². The Balaban J connectivity index is 1.99. The molecule has 1 fully saturated rings. The Kier molecular flexibility index (Phi) is 5.52. The van der Waals surface area contributed by atoms with E-state index in [0.29, 0.717) is 17.2 Å². The number of rotatable bonds is 5. The maximum Gasteiger partial charge on any atom is 0.300 e. The van der Waals surface area contributed by atoms with Crippen molar-refractivity contribution in [1.82, 2.24) is 0 Å². The third-order valence-corrected chi connectivity index (χ3v) is 6.36. The number of nitrogens with zero attached hydrogens (tertiary/aromatic N) is 1. The Morgan fingerprint density at radius 2 is 1.77 bits per heavy atom. The summed E-state index contributed by atoms with van der Waals surface area (Å²) in [5, 5.41) is 13.2. The van der Waals surface area contributed by atoms with Crippen LogP contribution in [0, 0.1) is 6.92 Å². The summed E-state index contributed by atoms with van der Waals surface area (Å²) in [4.78, 5) is 28.6. The highest BCUT2D eigenvalue weighted by Gasteiger charge is 2.48. The summed E-state index contributed by atoms with van der Waals surface area (Å²) in [6.45, 7) is 1.92. The van der Waals surface area contributed by atoms with Gasteiger partial charge in [0.15, 0.2) is 0 Å². The third kappa shape index (κ3) is 3.47. The average molecular weight is 436 g/mol. The van der Waals surface area contributed by atoms with E-state index in [1.54, 1.807) is 42.5 Å². The van der Waals surface area contributed by atoms with Crippen molar-refractivity contribution in [3.05, 3.63) is 81.6 Å². The average Bonchev–Trinajstić information content (AvgIpc) is 3.33. The number of aliphatic hydroxyl groups is 1. The third-order valence-electron chi connectivity index (χ3n) is 5.29. The second kappa shape index (κ2) is 8.28. The van der Waals surface area contributed by atoms with Gasteiger partial charge in [-0.3, -0.25) is 14.5 Å². The normalized spacial score (nSPS) is 17.8. The summed E-state index contributed by atoms with van der Waals surface area (Å²) in [5.41, 5.74) is 1.82. The van der Waals surface area contributed by atoms with Crippen LogP contribution in [0.5, 0.6) is 11.5 Å². The number of hydrogen-bond donors (Lipinski definition) is 1. The number of ether oxygens (including phenoxy) is 2. The lowest BCUT2D eigenvalue weighted by Gasteiger charge is -2.25. The van der Waals surface area contributed by atoms with E-state index < -0.39 is 17.7 Å². The van der Waals surface area contributed by atoms with Crippen LogP contribution >= 0.6 is 11.3 Å². The molecule has 7 heteroatoms. The van der Waals surface area contributed by atoms with Crippen LogP contribution in [0.2, 0.25) is 0 Å². The van der Waals surface area contributed by atoms with Gasteiger partial charge in [0.25, 0.3) is 11.7 Å². The number of Topliss-reactive ketones (excluding diaryl/α,β-unsaturated/α-hetero) is 1. The summed E-state index contributed by atoms with van der Waals surface area (Å²) in [6.07, 6.45) is 0. The highest BCUT2D eigenvalue weighted by molar-refractivity contribution is 7.10. The molecule has 31 heavy (non-hydrogen) atoms. The number of amides is 1. The first-order chi connectivity index (χ1) is 15.0. The molecule has 0 bridgehead atoms. The van der Waals surface area contributed by atoms with Gasteiger partial charge in [0.1, 0.15) is 23.3 Å². The van der Waals surface area contributed by atoms with E-state index in [1.807, 2.05) is 24.4 Å². The van der Waals surface area contributed by atoms with Gasteiger partial charge in [-0.1, -0.05) is 18.2 Å². The molecule has 1 aromatic heterocycles. The summed E-state index contributed by atoms with van der Waals surface area (Å²) < 4.78 is 10.7. The molecule has 2 heterocycles. The van der Waals surface area contributed by atoms with Crippen LogP contribution in [0.4, 0.5) is 5.69 Å². The van der Waals surface area contributed by atoms with Crippen molar-refractivity contribution in [2.45, 2.75) is 13.0 Å². The number of hydrogen-bond acceptors (Lipinski definition) is 6. The van der Waals surface area contributed by atoms with Crippen LogP contribution in [0.25, 0.3) is 5.76 Å². The van der Waals surface area contributed by atoms with E-state index >= 15 is 0 Å². The van der Waals surface area contributed by atoms with Crippen molar-refractivity contribution >= 4 is 34.5 Å². The SMILES string of the molecule is COc1ccc(OC)c(/C(O)=C2\C(=O)C(=O)N(c3ccccc3)C2c2sccc2C)c1.